The van der Waals surface area contributed by atoms with E-state index in [0.717, 1.165) is 12.8 Å². The van der Waals surface area contributed by atoms with Gasteiger partial charge in [0, 0.05) is 24.3 Å². The summed E-state index contributed by atoms with van der Waals surface area (Å²) in [6, 6.07) is 12.0. The summed E-state index contributed by atoms with van der Waals surface area (Å²) in [5, 5.41) is 2.77. The predicted octanol–water partition coefficient (Wildman–Crippen LogP) is 3.77. The van der Waals surface area contributed by atoms with Crippen molar-refractivity contribution >= 4 is 29.2 Å². The molecule has 7 heteroatoms. The second kappa shape index (κ2) is 9.32. The molecule has 152 valence electrons. The largest absolute Gasteiger partial charge is 0.462 e. The van der Waals surface area contributed by atoms with Gasteiger partial charge in [0.2, 0.25) is 11.8 Å². The van der Waals surface area contributed by atoms with E-state index in [1.165, 1.54) is 29.2 Å². The van der Waals surface area contributed by atoms with Crippen molar-refractivity contribution in [2.24, 2.45) is 5.92 Å². The first-order chi connectivity index (χ1) is 14.0. The zero-order valence-corrected chi connectivity index (χ0v) is 16.2. The number of amides is 2. The molecule has 1 fully saturated rings. The number of nitrogens with zero attached hydrogens (tertiary/aromatic N) is 1. The second-order valence-electron chi connectivity index (χ2n) is 6.94. The van der Waals surface area contributed by atoms with Crippen LogP contribution in [0.15, 0.2) is 48.5 Å². The number of halogens is 1. The molecule has 1 N–H and O–H groups in total. The van der Waals surface area contributed by atoms with Gasteiger partial charge in [-0.1, -0.05) is 13.3 Å². The van der Waals surface area contributed by atoms with Gasteiger partial charge in [-0.05, 0) is 55.0 Å². The Hall–Kier alpha value is -3.22. The van der Waals surface area contributed by atoms with E-state index in [2.05, 4.69) is 5.32 Å². The van der Waals surface area contributed by atoms with Crippen molar-refractivity contribution in [3.05, 3.63) is 59.9 Å². The fourth-order valence-electron chi connectivity index (χ4n) is 3.08. The molecule has 2 aromatic carbocycles. The number of benzene rings is 2. The standard InChI is InChI=1S/C22H23FN2O4/c1-2-3-12-29-22(28)15-4-8-18(9-5-15)24-21(27)16-13-20(26)25(14-16)19-10-6-17(23)7-11-19/h4-11,16H,2-3,12-14H2,1H3,(H,24,27)/t16-/m1/s1. The van der Waals surface area contributed by atoms with E-state index >= 15 is 0 Å². The van der Waals surface area contributed by atoms with E-state index in [1.54, 1.807) is 24.3 Å². The molecule has 0 aromatic heterocycles. The quantitative estimate of drug-likeness (QED) is 0.569. The maximum atomic E-state index is 13.1. The minimum atomic E-state index is -0.508. The third kappa shape index (κ3) is 5.19. The maximum Gasteiger partial charge on any atom is 0.338 e. The summed E-state index contributed by atoms with van der Waals surface area (Å²) in [6.07, 6.45) is 1.85. The number of carbonyl (C=O) groups is 3. The number of esters is 1. The maximum absolute atomic E-state index is 13.1. The highest BCUT2D eigenvalue weighted by molar-refractivity contribution is 6.03. The van der Waals surface area contributed by atoms with Gasteiger partial charge in [0.05, 0.1) is 18.1 Å². The smallest absolute Gasteiger partial charge is 0.338 e. The van der Waals surface area contributed by atoms with Gasteiger partial charge in [-0.2, -0.15) is 0 Å². The van der Waals surface area contributed by atoms with Crippen molar-refractivity contribution in [1.29, 1.82) is 0 Å². The minimum Gasteiger partial charge on any atom is -0.462 e. The van der Waals surface area contributed by atoms with Crippen LogP contribution in [0.1, 0.15) is 36.5 Å². The molecular formula is C22H23FN2O4. The molecule has 0 radical (unpaired) electrons. The number of anilines is 2. The second-order valence-corrected chi connectivity index (χ2v) is 6.94. The van der Waals surface area contributed by atoms with Crippen LogP contribution in [0.25, 0.3) is 0 Å². The van der Waals surface area contributed by atoms with Crippen LogP contribution in [-0.4, -0.2) is 30.9 Å². The molecule has 0 saturated carbocycles. The molecule has 1 saturated heterocycles. The summed E-state index contributed by atoms with van der Waals surface area (Å²) in [5.74, 6) is -1.74. The molecular weight excluding hydrogens is 375 g/mol. The first kappa shape index (κ1) is 20.5. The van der Waals surface area contributed by atoms with Crippen molar-refractivity contribution in [2.75, 3.05) is 23.4 Å². The topological polar surface area (TPSA) is 75.7 Å². The van der Waals surface area contributed by atoms with Gasteiger partial charge < -0.3 is 15.0 Å². The Labute approximate surface area is 168 Å². The molecule has 2 amide bonds. The van der Waals surface area contributed by atoms with Crippen LogP contribution in [0.5, 0.6) is 0 Å². The van der Waals surface area contributed by atoms with Crippen LogP contribution >= 0.6 is 0 Å². The van der Waals surface area contributed by atoms with E-state index in [-0.39, 0.29) is 30.6 Å². The highest BCUT2D eigenvalue weighted by Crippen LogP contribution is 2.26. The fraction of sp³-hybridized carbons (Fsp3) is 0.318. The number of nitrogens with one attached hydrogen (secondary N) is 1. The van der Waals surface area contributed by atoms with Crippen LogP contribution in [0, 0.1) is 11.7 Å². The highest BCUT2D eigenvalue weighted by atomic mass is 19.1. The first-order valence-corrected chi connectivity index (χ1v) is 9.62. The average molecular weight is 398 g/mol. The van der Waals surface area contributed by atoms with Crippen molar-refractivity contribution in [1.82, 2.24) is 0 Å². The SMILES string of the molecule is CCCCOC(=O)c1ccc(NC(=O)[C@@H]2CC(=O)N(c3ccc(F)cc3)C2)cc1. The molecule has 0 aliphatic carbocycles. The predicted molar refractivity (Wildman–Crippen MR) is 107 cm³/mol. The van der Waals surface area contributed by atoms with Crippen molar-refractivity contribution in [3.8, 4) is 0 Å². The Morgan fingerprint density at radius 3 is 2.48 bits per heavy atom. The molecule has 3 rings (SSSR count). The van der Waals surface area contributed by atoms with E-state index in [0.29, 0.717) is 23.5 Å². The third-order valence-corrected chi connectivity index (χ3v) is 4.75. The van der Waals surface area contributed by atoms with Gasteiger partial charge in [0.25, 0.3) is 0 Å². The first-order valence-electron chi connectivity index (χ1n) is 9.62. The lowest BCUT2D eigenvalue weighted by Gasteiger charge is -2.16. The van der Waals surface area contributed by atoms with Crippen LogP contribution < -0.4 is 10.2 Å². The molecule has 0 bridgehead atoms. The Morgan fingerprint density at radius 1 is 1.14 bits per heavy atom. The fourth-order valence-corrected chi connectivity index (χ4v) is 3.08. The number of hydrogen-bond acceptors (Lipinski definition) is 4. The van der Waals surface area contributed by atoms with E-state index in [1.807, 2.05) is 6.92 Å². The number of carbonyl (C=O) groups excluding carboxylic acids is 3. The van der Waals surface area contributed by atoms with Crippen LogP contribution in [0.4, 0.5) is 15.8 Å². The Balaban J connectivity index is 1.57. The lowest BCUT2D eigenvalue weighted by atomic mass is 10.1. The van der Waals surface area contributed by atoms with E-state index in [9.17, 15) is 18.8 Å². The molecule has 1 aliphatic heterocycles. The Bertz CT molecular complexity index is 881. The molecule has 1 heterocycles. The monoisotopic (exact) mass is 398 g/mol. The van der Waals surface area contributed by atoms with E-state index < -0.39 is 11.9 Å². The molecule has 0 spiro atoms. The van der Waals surface area contributed by atoms with Crippen LogP contribution in [0.3, 0.4) is 0 Å². The Morgan fingerprint density at radius 2 is 1.83 bits per heavy atom. The lowest BCUT2D eigenvalue weighted by Crippen LogP contribution is -2.28. The lowest BCUT2D eigenvalue weighted by molar-refractivity contribution is -0.122. The summed E-state index contributed by atoms with van der Waals surface area (Å²) in [4.78, 5) is 38.2. The molecule has 1 aliphatic rings. The summed E-state index contributed by atoms with van der Waals surface area (Å²) < 4.78 is 18.2. The molecule has 2 aromatic rings. The van der Waals surface area contributed by atoms with Gasteiger partial charge in [-0.3, -0.25) is 9.59 Å². The van der Waals surface area contributed by atoms with Crippen LogP contribution in [-0.2, 0) is 14.3 Å². The molecule has 1 atom stereocenters. The van der Waals surface area contributed by atoms with Crippen LogP contribution in [0.2, 0.25) is 0 Å². The summed E-state index contributed by atoms with van der Waals surface area (Å²) in [5.41, 5.74) is 1.52. The highest BCUT2D eigenvalue weighted by Gasteiger charge is 2.35. The normalized spacial score (nSPS) is 16.0. The molecule has 29 heavy (non-hydrogen) atoms. The Kier molecular flexibility index (Phi) is 6.59. The minimum absolute atomic E-state index is 0.0883. The van der Waals surface area contributed by atoms with E-state index in [4.69, 9.17) is 4.74 Å². The van der Waals surface area contributed by atoms with Crippen molar-refractivity contribution < 1.29 is 23.5 Å². The van der Waals surface area contributed by atoms with Gasteiger partial charge >= 0.3 is 5.97 Å². The summed E-state index contributed by atoms with van der Waals surface area (Å²) >= 11 is 0. The number of hydrogen-bond donors (Lipinski definition) is 1. The number of ether oxygens (including phenoxy) is 1. The average Bonchev–Trinajstić information content (AvgIpc) is 3.11. The molecule has 0 unspecified atom stereocenters. The molecule has 6 nitrogen and oxygen atoms in total. The van der Waals surface area contributed by atoms with Gasteiger partial charge in [-0.25, -0.2) is 9.18 Å². The van der Waals surface area contributed by atoms with Gasteiger partial charge in [0.1, 0.15) is 5.82 Å². The van der Waals surface area contributed by atoms with Gasteiger partial charge in [0.15, 0.2) is 0 Å². The number of rotatable bonds is 7. The zero-order valence-electron chi connectivity index (χ0n) is 16.2. The number of unbranched alkanes of at least 4 members (excludes halogenated alkanes) is 1. The summed E-state index contributed by atoms with van der Waals surface area (Å²) in [7, 11) is 0. The zero-order chi connectivity index (χ0) is 20.8. The van der Waals surface area contributed by atoms with Crippen molar-refractivity contribution in [2.45, 2.75) is 26.2 Å². The van der Waals surface area contributed by atoms with Crippen molar-refractivity contribution in [3.63, 3.8) is 0 Å². The third-order valence-electron chi connectivity index (χ3n) is 4.75. The summed E-state index contributed by atoms with van der Waals surface area (Å²) in [6.45, 7) is 2.63. The van der Waals surface area contributed by atoms with Gasteiger partial charge in [-0.15, -0.1) is 0 Å².